The molecule has 0 aliphatic heterocycles. The van der Waals surface area contributed by atoms with E-state index in [4.69, 9.17) is 5.11 Å². The monoisotopic (exact) mass is 561 g/mol. The van der Waals surface area contributed by atoms with Gasteiger partial charge in [-0.3, -0.25) is 19.2 Å². The fraction of sp³-hybridized carbons (Fsp3) is 0.500. The number of anilines is 1. The third kappa shape index (κ3) is 10.9. The van der Waals surface area contributed by atoms with E-state index in [-0.39, 0.29) is 35.8 Å². The summed E-state index contributed by atoms with van der Waals surface area (Å²) in [6.07, 6.45) is 1.37. The summed E-state index contributed by atoms with van der Waals surface area (Å²) in [4.78, 5) is 50.1. The number of hydrogen-bond donors (Lipinski definition) is 4. The third-order valence-corrected chi connectivity index (χ3v) is 9.08. The van der Waals surface area contributed by atoms with Crippen molar-refractivity contribution in [1.29, 1.82) is 0 Å². The van der Waals surface area contributed by atoms with Crippen LogP contribution in [0.5, 0.6) is 0 Å². The first kappa shape index (κ1) is 31.4. The topological polar surface area (TPSA) is 125 Å². The van der Waals surface area contributed by atoms with Gasteiger partial charge < -0.3 is 21.1 Å². The lowest BCUT2D eigenvalue weighted by Crippen LogP contribution is -2.48. The summed E-state index contributed by atoms with van der Waals surface area (Å²) in [6, 6.07) is 8.48. The van der Waals surface area contributed by atoms with Crippen molar-refractivity contribution < 1.29 is 24.3 Å². The van der Waals surface area contributed by atoms with Gasteiger partial charge in [0.25, 0.3) is 0 Å². The van der Waals surface area contributed by atoms with Gasteiger partial charge in [-0.05, 0) is 54.0 Å². The summed E-state index contributed by atoms with van der Waals surface area (Å²) < 4.78 is -0.0750. The van der Waals surface area contributed by atoms with Crippen molar-refractivity contribution in [2.75, 3.05) is 17.6 Å². The molecule has 0 radical (unpaired) electrons. The second-order valence-electron chi connectivity index (χ2n) is 9.99. The third-order valence-electron chi connectivity index (χ3n) is 6.48. The fourth-order valence-electron chi connectivity index (χ4n) is 3.67. The van der Waals surface area contributed by atoms with Crippen molar-refractivity contribution >= 4 is 52.5 Å². The number of carboxylic acids is 1. The Labute approximate surface area is 233 Å². The van der Waals surface area contributed by atoms with Gasteiger partial charge in [-0.2, -0.15) is 0 Å². The minimum atomic E-state index is -1.07. The quantitative estimate of drug-likeness (QED) is 0.252. The largest absolute Gasteiger partial charge is 0.481 e. The second-order valence-corrected chi connectivity index (χ2v) is 12.6. The molecule has 0 saturated carbocycles. The Bertz CT molecular complexity index is 1120. The van der Waals surface area contributed by atoms with Crippen LogP contribution in [0.1, 0.15) is 63.0 Å². The minimum Gasteiger partial charge on any atom is -0.481 e. The Balaban J connectivity index is 1.94. The van der Waals surface area contributed by atoms with Gasteiger partial charge in [0.15, 0.2) is 0 Å². The SMILES string of the molecule is CCC(C)C(C)(C)SCC(=O)NCC(=O)N[C@@H](CCC(=O)O)C(=O)Nc1cccc(Cc2cc(C)cs2)c1. The molecule has 3 amide bonds. The van der Waals surface area contributed by atoms with Crippen LogP contribution >= 0.6 is 23.1 Å². The minimum absolute atomic E-state index is 0.0750. The molecule has 10 heteroatoms. The van der Waals surface area contributed by atoms with Crippen molar-refractivity contribution in [1.82, 2.24) is 10.6 Å². The lowest BCUT2D eigenvalue weighted by molar-refractivity contribution is -0.137. The molecule has 2 rings (SSSR count). The Morgan fingerprint density at radius 3 is 2.50 bits per heavy atom. The first-order valence-corrected chi connectivity index (χ1v) is 14.6. The number of carboxylic acid groups (broad SMARTS) is 1. The normalized spacial score (nSPS) is 12.9. The number of carbonyl (C=O) groups excluding carboxylic acids is 3. The maximum atomic E-state index is 13.0. The number of thioether (sulfide) groups is 1. The van der Waals surface area contributed by atoms with Gasteiger partial charge in [-0.25, -0.2) is 0 Å². The van der Waals surface area contributed by atoms with Crippen molar-refractivity contribution in [3.05, 3.63) is 51.7 Å². The number of nitrogens with one attached hydrogen (secondary N) is 3. The molecular weight excluding hydrogens is 522 g/mol. The first-order chi connectivity index (χ1) is 17.9. The maximum Gasteiger partial charge on any atom is 0.303 e. The van der Waals surface area contributed by atoms with E-state index in [1.807, 2.05) is 25.1 Å². The van der Waals surface area contributed by atoms with E-state index in [1.54, 1.807) is 17.4 Å². The Morgan fingerprint density at radius 1 is 1.13 bits per heavy atom. The molecule has 0 saturated heterocycles. The smallest absolute Gasteiger partial charge is 0.303 e. The van der Waals surface area contributed by atoms with Crippen molar-refractivity contribution in [3.8, 4) is 0 Å². The second kappa shape index (κ2) is 14.9. The van der Waals surface area contributed by atoms with Gasteiger partial charge in [-0.15, -0.1) is 23.1 Å². The van der Waals surface area contributed by atoms with Gasteiger partial charge in [-0.1, -0.05) is 46.2 Å². The molecule has 0 fully saturated rings. The van der Waals surface area contributed by atoms with Gasteiger partial charge in [0.05, 0.1) is 12.3 Å². The number of amides is 3. The summed E-state index contributed by atoms with van der Waals surface area (Å²) in [7, 11) is 0. The zero-order valence-electron chi connectivity index (χ0n) is 22.8. The first-order valence-electron chi connectivity index (χ1n) is 12.7. The van der Waals surface area contributed by atoms with Crippen molar-refractivity contribution in [2.45, 2.75) is 71.1 Å². The summed E-state index contributed by atoms with van der Waals surface area (Å²) in [5, 5.41) is 19.1. The van der Waals surface area contributed by atoms with Crippen molar-refractivity contribution in [2.24, 2.45) is 5.92 Å². The Kier molecular flexibility index (Phi) is 12.3. The maximum absolute atomic E-state index is 13.0. The number of hydrogen-bond acceptors (Lipinski definition) is 6. The number of aliphatic carboxylic acids is 1. The molecular formula is C28H39N3O5S2. The lowest BCUT2D eigenvalue weighted by atomic mass is 9.95. The van der Waals surface area contributed by atoms with Crippen LogP contribution in [0, 0.1) is 12.8 Å². The molecule has 8 nitrogen and oxygen atoms in total. The molecule has 208 valence electrons. The van der Waals surface area contributed by atoms with Gasteiger partial charge in [0.1, 0.15) is 6.04 Å². The molecule has 0 spiro atoms. The van der Waals surface area contributed by atoms with Crippen molar-refractivity contribution in [3.63, 3.8) is 0 Å². The molecule has 4 N–H and O–H groups in total. The van der Waals surface area contributed by atoms with Gasteiger partial charge in [0, 0.05) is 28.2 Å². The molecule has 1 unspecified atom stereocenters. The van der Waals surface area contributed by atoms with Crippen LogP contribution in [0.3, 0.4) is 0 Å². The molecule has 0 aliphatic rings. The van der Waals surface area contributed by atoms with E-state index in [9.17, 15) is 19.2 Å². The predicted molar refractivity (Wildman–Crippen MR) is 155 cm³/mol. The average Bonchev–Trinajstić information content (AvgIpc) is 3.27. The van der Waals surface area contributed by atoms with Gasteiger partial charge in [0.2, 0.25) is 17.7 Å². The fourth-order valence-corrected chi connectivity index (χ4v) is 5.64. The standard InChI is InChI=1S/C28H39N3O5S2/c1-6-19(3)28(4,5)38-17-25(33)29-15-24(32)31-23(10-11-26(34)35)27(36)30-21-9-7-8-20(13-21)14-22-12-18(2)16-37-22/h7-9,12-13,16,19,23H,6,10-11,14-15,17H2,1-5H3,(H,29,33)(H,30,36)(H,31,32)(H,34,35)/t19?,23-/m0/s1. The van der Waals surface area contributed by atoms with Crippen LogP contribution in [-0.2, 0) is 25.6 Å². The highest BCUT2D eigenvalue weighted by Crippen LogP contribution is 2.33. The molecule has 1 aromatic heterocycles. The van der Waals surface area contributed by atoms with E-state index < -0.39 is 23.8 Å². The Morgan fingerprint density at radius 2 is 1.87 bits per heavy atom. The van der Waals surface area contributed by atoms with Crippen LogP contribution in [0.2, 0.25) is 0 Å². The zero-order chi connectivity index (χ0) is 28.3. The van der Waals surface area contributed by atoms with Gasteiger partial charge >= 0.3 is 5.97 Å². The molecule has 0 bridgehead atoms. The summed E-state index contributed by atoms with van der Waals surface area (Å²) in [6.45, 7) is 10.2. The summed E-state index contributed by atoms with van der Waals surface area (Å²) in [5.41, 5.74) is 2.79. The zero-order valence-corrected chi connectivity index (χ0v) is 24.4. The lowest BCUT2D eigenvalue weighted by Gasteiger charge is -2.30. The summed E-state index contributed by atoms with van der Waals surface area (Å²) >= 11 is 3.21. The van der Waals surface area contributed by atoms with E-state index in [0.717, 1.165) is 18.4 Å². The van der Waals surface area contributed by atoms with Crippen LogP contribution in [-0.4, -0.2) is 51.9 Å². The highest BCUT2D eigenvalue weighted by molar-refractivity contribution is 8.01. The van der Waals surface area contributed by atoms with E-state index in [2.05, 4.69) is 55.1 Å². The number of benzene rings is 1. The number of rotatable bonds is 15. The molecule has 0 aliphatic carbocycles. The van der Waals surface area contributed by atoms with Crippen LogP contribution in [0.4, 0.5) is 5.69 Å². The number of aryl methyl sites for hydroxylation is 1. The highest BCUT2D eigenvalue weighted by atomic mass is 32.2. The summed E-state index contributed by atoms with van der Waals surface area (Å²) in [5.74, 6) is -1.77. The van der Waals surface area contributed by atoms with Crippen LogP contribution in [0.25, 0.3) is 0 Å². The molecule has 38 heavy (non-hydrogen) atoms. The van der Waals surface area contributed by atoms with E-state index in [0.29, 0.717) is 11.6 Å². The Hall–Kier alpha value is -2.85. The molecule has 2 aromatic rings. The molecule has 2 atom stereocenters. The van der Waals surface area contributed by atoms with E-state index >= 15 is 0 Å². The van der Waals surface area contributed by atoms with Crippen LogP contribution < -0.4 is 16.0 Å². The van der Waals surface area contributed by atoms with E-state index in [1.165, 1.54) is 22.2 Å². The number of carbonyl (C=O) groups is 4. The predicted octanol–water partition coefficient (Wildman–Crippen LogP) is 4.61. The van der Waals surface area contributed by atoms with Crippen LogP contribution in [0.15, 0.2) is 35.7 Å². The average molecular weight is 562 g/mol. The molecule has 1 heterocycles. The number of thiophene rings is 1. The molecule has 1 aromatic carbocycles. The highest BCUT2D eigenvalue weighted by Gasteiger charge is 2.26.